The smallest absolute Gasteiger partial charge is 0.235 e. The molecule has 0 bridgehead atoms. The number of nitrogens with zero attached hydrogens (tertiary/aromatic N) is 1. The van der Waals surface area contributed by atoms with E-state index in [0.29, 0.717) is 5.92 Å². The maximum atomic E-state index is 12.5. The minimum atomic E-state index is -0.865. The molecule has 28 heavy (non-hydrogen) atoms. The summed E-state index contributed by atoms with van der Waals surface area (Å²) in [4.78, 5) is 13.6. The molecule has 0 unspecified atom stereocenters. The molecule has 0 aliphatic carbocycles. The van der Waals surface area contributed by atoms with Crippen LogP contribution in [0.25, 0.3) is 0 Å². The fourth-order valence-corrected chi connectivity index (χ4v) is 3.81. The van der Waals surface area contributed by atoms with Crippen LogP contribution in [-0.2, 0) is 11.2 Å². The topological polar surface area (TPSA) is 64.9 Å². The Balaban J connectivity index is 2.11. The molecule has 0 spiro atoms. The van der Waals surface area contributed by atoms with Crippen LogP contribution in [0.3, 0.4) is 0 Å². The molecule has 0 saturated carbocycles. The number of hydrogen-bond acceptors (Lipinski definition) is 4. The lowest BCUT2D eigenvalue weighted by atomic mass is 9.90. The summed E-state index contributed by atoms with van der Waals surface area (Å²) in [7, 11) is 0. The van der Waals surface area contributed by atoms with Gasteiger partial charge in [-0.2, -0.15) is 5.26 Å². The van der Waals surface area contributed by atoms with E-state index >= 15 is 0 Å². The van der Waals surface area contributed by atoms with Crippen molar-refractivity contribution in [2.75, 3.05) is 6.54 Å². The van der Waals surface area contributed by atoms with Gasteiger partial charge in [0.05, 0.1) is 18.7 Å². The van der Waals surface area contributed by atoms with Crippen LogP contribution in [0.5, 0.6) is 0 Å². The normalized spacial score (nSPS) is 14.5. The van der Waals surface area contributed by atoms with Crippen LogP contribution >= 0.6 is 11.3 Å². The molecule has 1 heterocycles. The van der Waals surface area contributed by atoms with Gasteiger partial charge in [-0.1, -0.05) is 58.0 Å². The summed E-state index contributed by atoms with van der Waals surface area (Å²) >= 11 is 1.67. The highest BCUT2D eigenvalue weighted by molar-refractivity contribution is 7.10. The number of amides is 1. The first kappa shape index (κ1) is 22.1. The van der Waals surface area contributed by atoms with Crippen molar-refractivity contribution in [1.29, 1.82) is 5.26 Å². The van der Waals surface area contributed by atoms with Crippen LogP contribution in [0.4, 0.5) is 0 Å². The van der Waals surface area contributed by atoms with E-state index in [1.807, 2.05) is 25.3 Å². The fourth-order valence-electron chi connectivity index (χ4n) is 2.99. The molecule has 5 heteroatoms. The quantitative estimate of drug-likeness (QED) is 0.646. The van der Waals surface area contributed by atoms with Crippen LogP contribution < -0.4 is 10.6 Å². The van der Waals surface area contributed by atoms with Gasteiger partial charge in [0.2, 0.25) is 5.91 Å². The first-order valence-electron chi connectivity index (χ1n) is 9.83. The second-order valence-corrected chi connectivity index (χ2v) is 9.17. The van der Waals surface area contributed by atoms with E-state index in [-0.39, 0.29) is 24.4 Å². The van der Waals surface area contributed by atoms with Gasteiger partial charge in [0.1, 0.15) is 5.54 Å². The molecule has 0 fully saturated rings. The summed E-state index contributed by atoms with van der Waals surface area (Å²) in [6.07, 6.45) is 1.06. The minimum Gasteiger partial charge on any atom is -0.337 e. The van der Waals surface area contributed by atoms with Crippen molar-refractivity contribution >= 4 is 17.2 Å². The second kappa shape index (κ2) is 9.86. The third-order valence-corrected chi connectivity index (χ3v) is 5.97. The summed E-state index contributed by atoms with van der Waals surface area (Å²) in [5.74, 6) is 0.481. The van der Waals surface area contributed by atoms with E-state index in [0.717, 1.165) is 16.9 Å². The Morgan fingerprint density at radius 3 is 2.36 bits per heavy atom. The van der Waals surface area contributed by atoms with Gasteiger partial charge in [0.25, 0.3) is 0 Å². The van der Waals surface area contributed by atoms with Gasteiger partial charge in [-0.05, 0) is 47.8 Å². The Hall–Kier alpha value is -2.16. The number of carbonyl (C=O) groups excluding carboxylic acids is 1. The van der Waals surface area contributed by atoms with Gasteiger partial charge in [-0.15, -0.1) is 11.3 Å². The Morgan fingerprint density at radius 1 is 1.18 bits per heavy atom. The Morgan fingerprint density at radius 2 is 1.86 bits per heavy atom. The molecule has 1 aromatic carbocycles. The molecule has 2 N–H and O–H groups in total. The first-order chi connectivity index (χ1) is 13.2. The van der Waals surface area contributed by atoms with E-state index in [2.05, 4.69) is 60.9 Å². The van der Waals surface area contributed by atoms with Crippen molar-refractivity contribution in [2.24, 2.45) is 11.8 Å². The molecule has 1 amide bonds. The second-order valence-electron chi connectivity index (χ2n) is 8.19. The van der Waals surface area contributed by atoms with E-state index in [4.69, 9.17) is 0 Å². The van der Waals surface area contributed by atoms with Gasteiger partial charge in [0.15, 0.2) is 0 Å². The lowest BCUT2D eigenvalue weighted by Crippen LogP contribution is -2.51. The zero-order valence-corrected chi connectivity index (χ0v) is 18.3. The Bertz CT molecular complexity index is 790. The molecule has 0 radical (unpaired) electrons. The molecule has 0 saturated heterocycles. The van der Waals surface area contributed by atoms with Crippen molar-refractivity contribution in [3.05, 3.63) is 57.8 Å². The molecule has 2 rings (SSSR count). The molecule has 4 nitrogen and oxygen atoms in total. The van der Waals surface area contributed by atoms with Gasteiger partial charge in [0, 0.05) is 4.88 Å². The molecule has 150 valence electrons. The molecule has 1 aromatic heterocycles. The third kappa shape index (κ3) is 5.92. The molecule has 2 aromatic rings. The van der Waals surface area contributed by atoms with Crippen molar-refractivity contribution < 1.29 is 4.79 Å². The largest absolute Gasteiger partial charge is 0.337 e. The fraction of sp³-hybridized carbons (Fsp3) is 0.478. The van der Waals surface area contributed by atoms with E-state index in [1.165, 1.54) is 5.56 Å². The zero-order valence-electron chi connectivity index (χ0n) is 17.5. The van der Waals surface area contributed by atoms with Gasteiger partial charge >= 0.3 is 0 Å². The molecule has 0 aliphatic heterocycles. The van der Waals surface area contributed by atoms with Crippen molar-refractivity contribution in [3.63, 3.8) is 0 Å². The molecular weight excluding hydrogens is 366 g/mol. The summed E-state index contributed by atoms with van der Waals surface area (Å²) in [6, 6.07) is 14.9. The number of hydrogen-bond donors (Lipinski definition) is 2. The van der Waals surface area contributed by atoms with Crippen molar-refractivity contribution in [2.45, 2.75) is 52.6 Å². The number of nitriles is 1. The number of nitrogens with one attached hydrogen (secondary N) is 2. The van der Waals surface area contributed by atoms with Crippen LogP contribution in [0.15, 0.2) is 41.8 Å². The van der Waals surface area contributed by atoms with Crippen LogP contribution in [0.2, 0.25) is 0 Å². The summed E-state index contributed by atoms with van der Waals surface area (Å²) in [6.45, 7) is 10.2. The van der Waals surface area contributed by atoms with Crippen molar-refractivity contribution in [1.82, 2.24) is 10.6 Å². The summed E-state index contributed by atoms with van der Waals surface area (Å²) in [5, 5.41) is 17.7. The summed E-state index contributed by atoms with van der Waals surface area (Å²) < 4.78 is 0. The first-order valence-corrected chi connectivity index (χ1v) is 10.7. The lowest BCUT2D eigenvalue weighted by molar-refractivity contribution is -0.121. The lowest BCUT2D eigenvalue weighted by Gasteiger charge is -2.28. The number of rotatable bonds is 9. The van der Waals surface area contributed by atoms with E-state index in [1.54, 1.807) is 18.3 Å². The highest BCUT2D eigenvalue weighted by Gasteiger charge is 2.30. The van der Waals surface area contributed by atoms with Gasteiger partial charge in [-0.25, -0.2) is 0 Å². The SMILES string of the molecule is CC(C)Cc1ccc([C@H](NCC(=O)N[C@@](C)(C#N)C(C)C)c2cccs2)cc1. The number of benzene rings is 1. The number of thiophene rings is 1. The Labute approximate surface area is 173 Å². The monoisotopic (exact) mass is 397 g/mol. The van der Waals surface area contributed by atoms with Crippen LogP contribution in [-0.4, -0.2) is 18.0 Å². The molecule has 2 atom stereocenters. The maximum absolute atomic E-state index is 12.5. The summed E-state index contributed by atoms with van der Waals surface area (Å²) in [5.41, 5.74) is 1.59. The highest BCUT2D eigenvalue weighted by atomic mass is 32.1. The van der Waals surface area contributed by atoms with E-state index < -0.39 is 5.54 Å². The number of carbonyl (C=O) groups is 1. The highest BCUT2D eigenvalue weighted by Crippen LogP contribution is 2.26. The Kier molecular flexibility index (Phi) is 7.79. The molecular formula is C23H31N3OS. The average molecular weight is 398 g/mol. The van der Waals surface area contributed by atoms with Gasteiger partial charge in [-0.3, -0.25) is 10.1 Å². The average Bonchev–Trinajstić information content (AvgIpc) is 3.17. The standard InChI is InChI=1S/C23H31N3OS/c1-16(2)13-18-8-10-19(11-9-18)22(20-7-6-12-28-20)25-14-21(27)26-23(5,15-24)17(3)4/h6-12,16-17,22,25H,13-14H2,1-5H3,(H,26,27)/t22-,23-/m0/s1. The molecule has 0 aliphatic rings. The van der Waals surface area contributed by atoms with Crippen molar-refractivity contribution in [3.8, 4) is 6.07 Å². The van der Waals surface area contributed by atoms with Gasteiger partial charge < -0.3 is 5.32 Å². The predicted octanol–water partition coefficient (Wildman–Crippen LogP) is 4.68. The van der Waals surface area contributed by atoms with E-state index in [9.17, 15) is 10.1 Å². The predicted molar refractivity (Wildman–Crippen MR) is 116 cm³/mol. The van der Waals surface area contributed by atoms with Crippen LogP contribution in [0, 0.1) is 23.2 Å². The minimum absolute atomic E-state index is 0.0306. The maximum Gasteiger partial charge on any atom is 0.235 e. The zero-order chi connectivity index (χ0) is 20.7. The van der Waals surface area contributed by atoms with Crippen LogP contribution in [0.1, 0.15) is 56.7 Å². The third-order valence-electron chi connectivity index (χ3n) is 5.04.